The molecule has 15 heavy (non-hydrogen) atoms. The quantitative estimate of drug-likeness (QED) is 0.824. The Morgan fingerprint density at radius 1 is 1.53 bits per heavy atom. The standard InChI is InChI=1S/C13H21NS/c1-13(2)8-3-6-12(13)14-9-7-11-5-4-10-15-11/h4-5,10,12,14H,3,6-9H2,1-2H3. The average Bonchev–Trinajstić information content (AvgIpc) is 2.77. The van der Waals surface area contributed by atoms with Crippen molar-refractivity contribution in [3.8, 4) is 0 Å². The number of rotatable bonds is 4. The minimum Gasteiger partial charge on any atom is -0.313 e. The first-order valence-corrected chi connectivity index (χ1v) is 6.82. The van der Waals surface area contributed by atoms with Gasteiger partial charge in [-0.15, -0.1) is 11.3 Å². The van der Waals surface area contributed by atoms with E-state index in [0.717, 1.165) is 12.6 Å². The van der Waals surface area contributed by atoms with E-state index in [9.17, 15) is 0 Å². The molecule has 1 N–H and O–H groups in total. The molecule has 1 saturated carbocycles. The monoisotopic (exact) mass is 223 g/mol. The van der Waals surface area contributed by atoms with Crippen molar-refractivity contribution in [3.63, 3.8) is 0 Å². The van der Waals surface area contributed by atoms with Gasteiger partial charge in [0, 0.05) is 17.5 Å². The van der Waals surface area contributed by atoms with E-state index >= 15 is 0 Å². The van der Waals surface area contributed by atoms with E-state index in [2.05, 4.69) is 36.7 Å². The lowest BCUT2D eigenvalue weighted by Crippen LogP contribution is -2.38. The molecule has 0 spiro atoms. The Morgan fingerprint density at radius 2 is 2.40 bits per heavy atom. The predicted molar refractivity (Wildman–Crippen MR) is 67.4 cm³/mol. The fourth-order valence-electron chi connectivity index (χ4n) is 2.53. The third-order valence-electron chi connectivity index (χ3n) is 3.60. The van der Waals surface area contributed by atoms with E-state index in [-0.39, 0.29) is 0 Å². The highest BCUT2D eigenvalue weighted by atomic mass is 32.1. The molecule has 0 aliphatic heterocycles. The minimum atomic E-state index is 0.509. The number of thiophene rings is 1. The van der Waals surface area contributed by atoms with Crippen LogP contribution in [-0.4, -0.2) is 12.6 Å². The molecule has 1 aliphatic rings. The second-order valence-corrected chi connectivity index (χ2v) is 6.25. The summed E-state index contributed by atoms with van der Waals surface area (Å²) in [5.41, 5.74) is 0.509. The SMILES string of the molecule is CC1(C)CCCC1NCCc1cccs1. The molecule has 1 heterocycles. The molecule has 1 nitrogen and oxygen atoms in total. The third kappa shape index (κ3) is 2.82. The molecule has 0 amide bonds. The number of nitrogens with one attached hydrogen (secondary N) is 1. The van der Waals surface area contributed by atoms with E-state index in [1.54, 1.807) is 0 Å². The summed E-state index contributed by atoms with van der Waals surface area (Å²) in [6.07, 6.45) is 5.31. The molecule has 84 valence electrons. The zero-order valence-electron chi connectivity index (χ0n) is 9.75. The fourth-order valence-corrected chi connectivity index (χ4v) is 3.24. The van der Waals surface area contributed by atoms with Gasteiger partial charge < -0.3 is 5.32 Å². The van der Waals surface area contributed by atoms with Crippen molar-refractivity contribution in [1.29, 1.82) is 0 Å². The largest absolute Gasteiger partial charge is 0.313 e. The lowest BCUT2D eigenvalue weighted by molar-refractivity contribution is 0.285. The van der Waals surface area contributed by atoms with Crippen molar-refractivity contribution in [1.82, 2.24) is 5.32 Å². The summed E-state index contributed by atoms with van der Waals surface area (Å²) in [6, 6.07) is 5.10. The van der Waals surface area contributed by atoms with Gasteiger partial charge in [0.25, 0.3) is 0 Å². The zero-order chi connectivity index (χ0) is 10.7. The maximum atomic E-state index is 3.72. The highest BCUT2D eigenvalue weighted by molar-refractivity contribution is 7.09. The highest BCUT2D eigenvalue weighted by Gasteiger charge is 2.33. The van der Waals surface area contributed by atoms with Crippen LogP contribution >= 0.6 is 11.3 Å². The molecule has 2 rings (SSSR count). The number of hydrogen-bond donors (Lipinski definition) is 1. The normalized spacial score (nSPS) is 24.5. The molecule has 1 unspecified atom stereocenters. The minimum absolute atomic E-state index is 0.509. The lowest BCUT2D eigenvalue weighted by Gasteiger charge is -2.27. The van der Waals surface area contributed by atoms with Crippen molar-refractivity contribution < 1.29 is 0 Å². The molecule has 1 aliphatic carbocycles. The van der Waals surface area contributed by atoms with Gasteiger partial charge in [-0.2, -0.15) is 0 Å². The second-order valence-electron chi connectivity index (χ2n) is 5.22. The van der Waals surface area contributed by atoms with Crippen molar-refractivity contribution in [2.45, 2.75) is 45.6 Å². The summed E-state index contributed by atoms with van der Waals surface area (Å²) >= 11 is 1.87. The van der Waals surface area contributed by atoms with Gasteiger partial charge in [0.05, 0.1) is 0 Å². The number of hydrogen-bond acceptors (Lipinski definition) is 2. The molecule has 0 saturated heterocycles. The smallest absolute Gasteiger partial charge is 0.0118 e. The third-order valence-corrected chi connectivity index (χ3v) is 4.54. The molecule has 1 aromatic rings. The van der Waals surface area contributed by atoms with Gasteiger partial charge in [0.15, 0.2) is 0 Å². The van der Waals surface area contributed by atoms with Gasteiger partial charge in [-0.25, -0.2) is 0 Å². The highest BCUT2D eigenvalue weighted by Crippen LogP contribution is 2.37. The van der Waals surface area contributed by atoms with Crippen LogP contribution in [0.5, 0.6) is 0 Å². The van der Waals surface area contributed by atoms with Crippen LogP contribution in [0.2, 0.25) is 0 Å². The van der Waals surface area contributed by atoms with Crippen molar-refractivity contribution in [3.05, 3.63) is 22.4 Å². The van der Waals surface area contributed by atoms with Crippen LogP contribution in [0.25, 0.3) is 0 Å². The van der Waals surface area contributed by atoms with Crippen LogP contribution in [0.4, 0.5) is 0 Å². The van der Waals surface area contributed by atoms with Crippen LogP contribution in [0.1, 0.15) is 38.0 Å². The van der Waals surface area contributed by atoms with E-state index < -0.39 is 0 Å². The maximum Gasteiger partial charge on any atom is 0.0118 e. The van der Waals surface area contributed by atoms with E-state index in [0.29, 0.717) is 5.41 Å². The predicted octanol–water partition coefficient (Wildman–Crippen LogP) is 3.46. The summed E-state index contributed by atoms with van der Waals surface area (Å²) in [5.74, 6) is 0. The van der Waals surface area contributed by atoms with Gasteiger partial charge in [-0.05, 0) is 36.1 Å². The molecular formula is C13H21NS. The molecule has 1 fully saturated rings. The average molecular weight is 223 g/mol. The van der Waals surface area contributed by atoms with Crippen molar-refractivity contribution in [2.24, 2.45) is 5.41 Å². The summed E-state index contributed by atoms with van der Waals surface area (Å²) in [4.78, 5) is 1.50. The molecule has 1 atom stereocenters. The summed E-state index contributed by atoms with van der Waals surface area (Å²) in [5, 5.41) is 5.88. The second kappa shape index (κ2) is 4.67. The molecule has 0 radical (unpaired) electrons. The Bertz CT molecular complexity index is 289. The topological polar surface area (TPSA) is 12.0 Å². The first-order chi connectivity index (χ1) is 7.18. The Hall–Kier alpha value is -0.340. The van der Waals surface area contributed by atoms with E-state index in [1.807, 2.05) is 11.3 Å². The van der Waals surface area contributed by atoms with Crippen molar-refractivity contribution >= 4 is 11.3 Å². The van der Waals surface area contributed by atoms with Gasteiger partial charge in [-0.1, -0.05) is 26.3 Å². The van der Waals surface area contributed by atoms with Gasteiger partial charge >= 0.3 is 0 Å². The van der Waals surface area contributed by atoms with Crippen LogP contribution in [0.3, 0.4) is 0 Å². The molecular weight excluding hydrogens is 202 g/mol. The molecule has 0 aromatic carbocycles. The maximum absolute atomic E-state index is 3.72. The molecule has 0 bridgehead atoms. The molecule has 1 aromatic heterocycles. The fraction of sp³-hybridized carbons (Fsp3) is 0.692. The van der Waals surface area contributed by atoms with Gasteiger partial charge in [-0.3, -0.25) is 0 Å². The Morgan fingerprint density at radius 3 is 3.00 bits per heavy atom. The summed E-state index contributed by atoms with van der Waals surface area (Å²) in [6.45, 7) is 5.92. The van der Waals surface area contributed by atoms with Crippen LogP contribution in [-0.2, 0) is 6.42 Å². The van der Waals surface area contributed by atoms with E-state index in [1.165, 1.54) is 30.6 Å². The zero-order valence-corrected chi connectivity index (χ0v) is 10.6. The van der Waals surface area contributed by atoms with Gasteiger partial charge in [0.2, 0.25) is 0 Å². The first-order valence-electron chi connectivity index (χ1n) is 5.94. The molecule has 2 heteroatoms. The van der Waals surface area contributed by atoms with Gasteiger partial charge in [0.1, 0.15) is 0 Å². The van der Waals surface area contributed by atoms with E-state index in [4.69, 9.17) is 0 Å². The van der Waals surface area contributed by atoms with Crippen LogP contribution in [0.15, 0.2) is 17.5 Å². The summed E-state index contributed by atoms with van der Waals surface area (Å²) in [7, 11) is 0. The first kappa shape index (κ1) is 11.2. The Balaban J connectivity index is 1.74. The Labute approximate surface area is 96.9 Å². The summed E-state index contributed by atoms with van der Waals surface area (Å²) < 4.78 is 0. The van der Waals surface area contributed by atoms with Crippen molar-refractivity contribution in [2.75, 3.05) is 6.54 Å². The van der Waals surface area contributed by atoms with Crippen LogP contribution in [0, 0.1) is 5.41 Å². The van der Waals surface area contributed by atoms with Crippen LogP contribution < -0.4 is 5.32 Å². The Kier molecular flexibility index (Phi) is 3.47. The lowest BCUT2D eigenvalue weighted by atomic mass is 9.87.